The van der Waals surface area contributed by atoms with Crippen molar-refractivity contribution in [1.82, 2.24) is 9.88 Å². The second-order valence-electron chi connectivity index (χ2n) is 7.97. The summed E-state index contributed by atoms with van der Waals surface area (Å²) in [6.07, 6.45) is -4.52. The minimum absolute atomic E-state index is 0.103. The summed E-state index contributed by atoms with van der Waals surface area (Å²) in [7, 11) is 2.05. The van der Waals surface area contributed by atoms with Crippen molar-refractivity contribution >= 4 is 46.8 Å². The van der Waals surface area contributed by atoms with Crippen LogP contribution in [-0.4, -0.2) is 46.8 Å². The average molecular weight is 543 g/mol. The van der Waals surface area contributed by atoms with E-state index in [1.54, 1.807) is 6.07 Å². The number of carbonyl (C=O) groups is 2. The van der Waals surface area contributed by atoms with Crippen molar-refractivity contribution in [1.29, 1.82) is 0 Å². The van der Waals surface area contributed by atoms with Crippen LogP contribution in [0.3, 0.4) is 0 Å². The van der Waals surface area contributed by atoms with Gasteiger partial charge in [0.25, 0.3) is 11.6 Å². The van der Waals surface area contributed by atoms with Crippen molar-refractivity contribution in [3.63, 3.8) is 0 Å². The zero-order valence-corrected chi connectivity index (χ0v) is 20.1. The number of rotatable bonds is 4. The predicted molar refractivity (Wildman–Crippen MR) is 129 cm³/mol. The molecule has 1 aliphatic heterocycles. The quantitative estimate of drug-likeness (QED) is 0.246. The van der Waals surface area contributed by atoms with E-state index in [2.05, 4.69) is 15.2 Å². The normalized spacial score (nSPS) is 15.3. The summed E-state index contributed by atoms with van der Waals surface area (Å²) in [5.41, 5.74) is 3.82. The number of anilines is 1. The van der Waals surface area contributed by atoms with Gasteiger partial charge in [-0.1, -0.05) is 35.3 Å². The smallest absolute Gasteiger partial charge is 0.351 e. The number of likely N-dealkylation sites (N-methyl/N-ethyl adjacent to an activating group) is 1. The molecule has 3 aromatic rings. The summed E-state index contributed by atoms with van der Waals surface area (Å²) in [4.78, 5) is 36.1. The van der Waals surface area contributed by atoms with Gasteiger partial charge in [0.05, 0.1) is 11.1 Å². The van der Waals surface area contributed by atoms with Crippen molar-refractivity contribution in [2.75, 3.05) is 18.9 Å². The van der Waals surface area contributed by atoms with Gasteiger partial charge in [0, 0.05) is 40.8 Å². The zero-order chi connectivity index (χ0) is 26.6. The first kappa shape index (κ1) is 27.2. The lowest BCUT2D eigenvalue weighted by molar-refractivity contribution is -0.384. The fourth-order valence-corrected chi connectivity index (χ4v) is 4.32. The molecule has 0 saturated heterocycles. The Kier molecular flexibility index (Phi) is 8.39. The van der Waals surface area contributed by atoms with E-state index in [4.69, 9.17) is 28.0 Å². The summed E-state index contributed by atoms with van der Waals surface area (Å²) in [5.74, 6) is -0.345. The summed E-state index contributed by atoms with van der Waals surface area (Å²) in [5, 5.41) is 14.8. The molecule has 1 atom stereocenters. The molecule has 0 radical (unpaired) electrons. The van der Waals surface area contributed by atoms with E-state index in [9.17, 15) is 28.1 Å². The summed E-state index contributed by atoms with van der Waals surface area (Å²) < 4.78 is 31.2. The maximum atomic E-state index is 12.3. The number of alkyl halides is 3. The van der Waals surface area contributed by atoms with Crippen molar-refractivity contribution in [2.45, 2.75) is 18.6 Å². The van der Waals surface area contributed by atoms with Crippen LogP contribution in [0.4, 0.5) is 24.5 Å². The van der Waals surface area contributed by atoms with Gasteiger partial charge in [-0.2, -0.15) is 13.2 Å². The molecule has 1 aromatic heterocycles. The number of aromatic nitrogens is 1. The van der Waals surface area contributed by atoms with E-state index in [0.717, 1.165) is 29.8 Å². The highest BCUT2D eigenvalue weighted by molar-refractivity contribution is 6.35. The number of halogens is 5. The van der Waals surface area contributed by atoms with Crippen molar-refractivity contribution in [2.24, 2.45) is 0 Å². The number of nitro groups is 1. The molecule has 1 unspecified atom stereocenters. The fourth-order valence-electron chi connectivity index (χ4n) is 3.75. The van der Waals surface area contributed by atoms with Crippen LogP contribution in [0.5, 0.6) is 0 Å². The molecular formula is C23H19Cl2F3N4O4. The first-order valence-corrected chi connectivity index (χ1v) is 11.1. The molecule has 0 bridgehead atoms. The molecule has 1 aliphatic rings. The van der Waals surface area contributed by atoms with E-state index in [0.29, 0.717) is 15.7 Å². The van der Waals surface area contributed by atoms with E-state index in [-0.39, 0.29) is 17.3 Å². The van der Waals surface area contributed by atoms with Gasteiger partial charge in [0.2, 0.25) is 6.29 Å². The molecule has 2 aromatic carbocycles. The van der Waals surface area contributed by atoms with E-state index in [1.165, 1.54) is 12.3 Å². The molecular weight excluding hydrogens is 524 g/mol. The molecule has 36 heavy (non-hydrogen) atoms. The predicted octanol–water partition coefficient (Wildman–Crippen LogP) is 5.81. The molecule has 4 rings (SSSR count). The van der Waals surface area contributed by atoms with E-state index < -0.39 is 23.3 Å². The number of nitrogens with one attached hydrogen (secondary N) is 2. The van der Waals surface area contributed by atoms with Crippen LogP contribution in [0.15, 0.2) is 48.7 Å². The first-order chi connectivity index (χ1) is 16.9. The third kappa shape index (κ3) is 6.84. The highest BCUT2D eigenvalue weighted by Crippen LogP contribution is 2.38. The lowest BCUT2D eigenvalue weighted by Crippen LogP contribution is -2.31. The number of hydrogen-bond donors (Lipinski definition) is 2. The average Bonchev–Trinajstić information content (AvgIpc) is 3.31. The molecule has 8 nitrogen and oxygen atoms in total. The zero-order valence-electron chi connectivity index (χ0n) is 18.6. The Labute approximate surface area is 213 Å². The third-order valence-corrected chi connectivity index (χ3v) is 5.88. The molecule has 0 spiro atoms. The van der Waals surface area contributed by atoms with Gasteiger partial charge >= 0.3 is 6.18 Å². The number of nitrogens with zero attached hydrogens (tertiary/aromatic N) is 2. The number of fused-ring (bicyclic) bond motifs is 1. The van der Waals surface area contributed by atoms with Crippen LogP contribution >= 0.6 is 23.2 Å². The van der Waals surface area contributed by atoms with Gasteiger partial charge in [-0.05, 0) is 48.0 Å². The number of amides is 1. The van der Waals surface area contributed by atoms with Crippen molar-refractivity contribution in [3.8, 4) is 0 Å². The van der Waals surface area contributed by atoms with Gasteiger partial charge in [-0.15, -0.1) is 0 Å². The highest BCUT2D eigenvalue weighted by Gasteiger charge is 2.27. The first-order valence-electron chi connectivity index (χ1n) is 10.3. The fraction of sp³-hybridized carbons (Fsp3) is 0.217. The maximum absolute atomic E-state index is 12.3. The number of carbonyl (C=O) groups excluding carboxylic acids is 2. The molecule has 2 N–H and O–H groups in total. The van der Waals surface area contributed by atoms with Gasteiger partial charge in [0.15, 0.2) is 0 Å². The molecule has 2 heterocycles. The van der Waals surface area contributed by atoms with Crippen LogP contribution in [0.25, 0.3) is 0 Å². The SMILES string of the molecule is CN1Cc2c(Cl)cc(Cl)cc2C(c2ccc(NC(=O)c3cc([N+](=O)[O-])c[nH]3)cc2)C1.O=CC(F)(F)F. The van der Waals surface area contributed by atoms with Gasteiger partial charge in [0.1, 0.15) is 5.69 Å². The lowest BCUT2D eigenvalue weighted by Gasteiger charge is -2.33. The van der Waals surface area contributed by atoms with E-state index in [1.807, 2.05) is 37.4 Å². The van der Waals surface area contributed by atoms with Crippen molar-refractivity contribution in [3.05, 3.63) is 91.2 Å². The van der Waals surface area contributed by atoms with Crippen LogP contribution < -0.4 is 5.32 Å². The van der Waals surface area contributed by atoms with E-state index >= 15 is 0 Å². The Bertz CT molecular complexity index is 1280. The second-order valence-corrected chi connectivity index (χ2v) is 8.81. The van der Waals surface area contributed by atoms with Gasteiger partial charge in [-0.3, -0.25) is 19.7 Å². The number of benzene rings is 2. The Morgan fingerprint density at radius 1 is 1.22 bits per heavy atom. The minimum Gasteiger partial charge on any atom is -0.351 e. The lowest BCUT2D eigenvalue weighted by atomic mass is 9.84. The van der Waals surface area contributed by atoms with Crippen LogP contribution in [0.1, 0.15) is 33.1 Å². The molecule has 1 amide bonds. The largest absolute Gasteiger partial charge is 0.446 e. The topological polar surface area (TPSA) is 108 Å². The molecule has 0 aliphatic carbocycles. The van der Waals surface area contributed by atoms with Crippen molar-refractivity contribution < 1.29 is 27.7 Å². The molecule has 0 saturated carbocycles. The molecule has 13 heteroatoms. The number of hydrogen-bond acceptors (Lipinski definition) is 5. The maximum Gasteiger partial charge on any atom is 0.446 e. The standard InChI is InChI=1S/C21H18Cl2N4O3.C2HF3O/c1-26-10-17(16-6-13(22)7-19(23)18(16)11-26)12-2-4-14(5-3-12)25-21(28)20-8-15(9-24-20)27(29)30;3-2(4,5)1-6/h2-9,17,24H,10-11H2,1H3,(H,25,28);1H. The Morgan fingerprint density at radius 3 is 2.42 bits per heavy atom. The minimum atomic E-state index is -4.64. The highest BCUT2D eigenvalue weighted by atomic mass is 35.5. The van der Waals surface area contributed by atoms with Crippen LogP contribution in [0, 0.1) is 10.1 Å². The number of H-pyrrole nitrogens is 1. The molecule has 0 fully saturated rings. The summed E-state index contributed by atoms with van der Waals surface area (Å²) >= 11 is 12.7. The Hall–Kier alpha value is -3.41. The van der Waals surface area contributed by atoms with Gasteiger partial charge < -0.3 is 15.2 Å². The Balaban J connectivity index is 0.000000538. The second kappa shape index (κ2) is 11.1. The van der Waals surface area contributed by atoms with Crippen LogP contribution in [-0.2, 0) is 11.3 Å². The molecule has 190 valence electrons. The third-order valence-electron chi connectivity index (χ3n) is 5.32. The van der Waals surface area contributed by atoms with Gasteiger partial charge in [-0.25, -0.2) is 0 Å². The van der Waals surface area contributed by atoms with Crippen LogP contribution in [0.2, 0.25) is 10.0 Å². The Morgan fingerprint density at radius 2 is 1.86 bits per heavy atom. The summed E-state index contributed by atoms with van der Waals surface area (Å²) in [6.45, 7) is 1.58. The summed E-state index contributed by atoms with van der Waals surface area (Å²) in [6, 6.07) is 12.5. The number of aldehydes is 1. The monoisotopic (exact) mass is 542 g/mol. The number of aromatic amines is 1.